The molecule has 0 radical (unpaired) electrons. The van der Waals surface area contributed by atoms with Gasteiger partial charge in [0.15, 0.2) is 5.65 Å². The highest BCUT2D eigenvalue weighted by molar-refractivity contribution is 6.05. The number of aromatic amines is 1. The molecule has 0 amide bonds. The van der Waals surface area contributed by atoms with Crippen molar-refractivity contribution in [1.29, 1.82) is 0 Å². The topological polar surface area (TPSA) is 67.9 Å². The first-order valence-electron chi connectivity index (χ1n) is 7.73. The predicted octanol–water partition coefficient (Wildman–Crippen LogP) is 3.93. The van der Waals surface area contributed by atoms with E-state index in [2.05, 4.69) is 24.0 Å². The van der Waals surface area contributed by atoms with Gasteiger partial charge in [-0.25, -0.2) is 9.78 Å². The minimum atomic E-state index is -0.331. The number of rotatable bonds is 4. The number of esters is 1. The molecule has 118 valence electrons. The first-order chi connectivity index (χ1) is 11.1. The van der Waals surface area contributed by atoms with Gasteiger partial charge in [0.2, 0.25) is 0 Å². The molecule has 0 saturated carbocycles. The molecule has 3 rings (SSSR count). The Balaban J connectivity index is 2.36. The number of carbonyl (C=O) groups excluding carboxylic acids is 1. The summed E-state index contributed by atoms with van der Waals surface area (Å²) in [6, 6.07) is 9.86. The van der Waals surface area contributed by atoms with Gasteiger partial charge in [-0.15, -0.1) is 0 Å². The largest absolute Gasteiger partial charge is 0.462 e. The summed E-state index contributed by atoms with van der Waals surface area (Å²) in [6.45, 7) is 6.24. The molecule has 3 aromatic rings. The van der Waals surface area contributed by atoms with E-state index < -0.39 is 0 Å². The number of aromatic nitrogens is 3. The van der Waals surface area contributed by atoms with Crippen LogP contribution in [0.15, 0.2) is 36.5 Å². The highest BCUT2D eigenvalue weighted by Gasteiger charge is 2.25. The van der Waals surface area contributed by atoms with Crippen molar-refractivity contribution in [2.45, 2.75) is 26.7 Å². The van der Waals surface area contributed by atoms with Crippen molar-refractivity contribution in [3.05, 3.63) is 47.7 Å². The lowest BCUT2D eigenvalue weighted by Crippen LogP contribution is -2.12. The van der Waals surface area contributed by atoms with Crippen LogP contribution in [0.25, 0.3) is 22.3 Å². The average Bonchev–Trinajstić information content (AvgIpc) is 3.02. The number of H-pyrrole nitrogens is 1. The van der Waals surface area contributed by atoms with E-state index in [0.29, 0.717) is 23.2 Å². The number of hydrogen-bond donors (Lipinski definition) is 1. The van der Waals surface area contributed by atoms with Crippen molar-refractivity contribution in [3.63, 3.8) is 0 Å². The second kappa shape index (κ2) is 6.20. The van der Waals surface area contributed by atoms with Gasteiger partial charge in [0, 0.05) is 5.56 Å². The van der Waals surface area contributed by atoms with Crippen LogP contribution in [-0.2, 0) is 4.74 Å². The van der Waals surface area contributed by atoms with Crippen LogP contribution in [0.2, 0.25) is 0 Å². The first-order valence-corrected chi connectivity index (χ1v) is 7.73. The molecule has 0 unspecified atom stereocenters. The summed E-state index contributed by atoms with van der Waals surface area (Å²) >= 11 is 0. The van der Waals surface area contributed by atoms with E-state index in [9.17, 15) is 4.79 Å². The third kappa shape index (κ3) is 2.70. The number of ether oxygens (including phenoxy) is 1. The lowest BCUT2D eigenvalue weighted by Gasteiger charge is -2.17. The van der Waals surface area contributed by atoms with Crippen LogP contribution >= 0.6 is 0 Å². The molecule has 0 aliphatic carbocycles. The molecule has 0 fully saturated rings. The van der Waals surface area contributed by atoms with Crippen molar-refractivity contribution < 1.29 is 9.53 Å². The van der Waals surface area contributed by atoms with E-state index in [4.69, 9.17) is 9.72 Å². The molecule has 23 heavy (non-hydrogen) atoms. The molecule has 2 aromatic heterocycles. The monoisotopic (exact) mass is 309 g/mol. The summed E-state index contributed by atoms with van der Waals surface area (Å²) in [4.78, 5) is 17.3. The van der Waals surface area contributed by atoms with Crippen LogP contribution in [0.5, 0.6) is 0 Å². The molecule has 5 heteroatoms. The molecule has 0 aliphatic rings. The summed E-state index contributed by atoms with van der Waals surface area (Å²) in [5, 5.41) is 7.61. The van der Waals surface area contributed by atoms with Crippen LogP contribution in [0.4, 0.5) is 0 Å². The SMILES string of the molecule is CCOC(=O)c1c(C(C)C)c(-c2ccccc2)nc2[nH]ncc12. The zero-order chi connectivity index (χ0) is 16.4. The van der Waals surface area contributed by atoms with Crippen molar-refractivity contribution in [3.8, 4) is 11.3 Å². The molecule has 0 saturated heterocycles. The summed E-state index contributed by atoms with van der Waals surface area (Å²) in [5.74, 6) is -0.210. The number of pyridine rings is 1. The van der Waals surface area contributed by atoms with E-state index in [1.165, 1.54) is 0 Å². The molecule has 0 bridgehead atoms. The fourth-order valence-electron chi connectivity index (χ4n) is 2.78. The van der Waals surface area contributed by atoms with Crippen molar-refractivity contribution in [1.82, 2.24) is 15.2 Å². The lowest BCUT2D eigenvalue weighted by atomic mass is 9.91. The Morgan fingerprint density at radius 3 is 2.65 bits per heavy atom. The Morgan fingerprint density at radius 2 is 2.00 bits per heavy atom. The van der Waals surface area contributed by atoms with Crippen molar-refractivity contribution in [2.75, 3.05) is 6.61 Å². The minimum Gasteiger partial charge on any atom is -0.462 e. The Morgan fingerprint density at radius 1 is 1.26 bits per heavy atom. The Labute approximate surface area is 134 Å². The molecule has 0 atom stereocenters. The lowest BCUT2D eigenvalue weighted by molar-refractivity contribution is 0.0527. The number of fused-ring (bicyclic) bond motifs is 1. The van der Waals surface area contributed by atoms with E-state index in [-0.39, 0.29) is 11.9 Å². The maximum atomic E-state index is 12.6. The zero-order valence-corrected chi connectivity index (χ0v) is 13.5. The fourth-order valence-corrected chi connectivity index (χ4v) is 2.78. The normalized spacial score (nSPS) is 11.1. The second-order valence-corrected chi connectivity index (χ2v) is 5.62. The molecule has 0 spiro atoms. The zero-order valence-electron chi connectivity index (χ0n) is 13.5. The van der Waals surface area contributed by atoms with Gasteiger partial charge < -0.3 is 4.74 Å². The van der Waals surface area contributed by atoms with Crippen LogP contribution in [-0.4, -0.2) is 27.8 Å². The quantitative estimate of drug-likeness (QED) is 0.742. The van der Waals surface area contributed by atoms with Gasteiger partial charge in [-0.05, 0) is 18.4 Å². The molecular formula is C18H19N3O2. The molecule has 2 heterocycles. The molecular weight excluding hydrogens is 290 g/mol. The fraction of sp³-hybridized carbons (Fsp3) is 0.278. The van der Waals surface area contributed by atoms with Gasteiger partial charge in [-0.1, -0.05) is 44.2 Å². The number of nitrogens with one attached hydrogen (secondary N) is 1. The number of carbonyl (C=O) groups is 1. The number of benzene rings is 1. The average molecular weight is 309 g/mol. The van der Waals surface area contributed by atoms with E-state index in [1.807, 2.05) is 30.3 Å². The van der Waals surface area contributed by atoms with Crippen LogP contribution < -0.4 is 0 Å². The minimum absolute atomic E-state index is 0.122. The molecule has 5 nitrogen and oxygen atoms in total. The Hall–Kier alpha value is -2.69. The summed E-state index contributed by atoms with van der Waals surface area (Å²) in [6.07, 6.45) is 1.63. The third-order valence-electron chi connectivity index (χ3n) is 3.74. The standard InChI is InChI=1S/C18H19N3O2/c1-4-23-18(22)15-13-10-19-21-17(13)20-16(14(15)11(2)3)12-8-6-5-7-9-12/h5-11H,4H2,1-3H3,(H,19,20,21). The van der Waals surface area contributed by atoms with E-state index in [1.54, 1.807) is 13.1 Å². The van der Waals surface area contributed by atoms with E-state index >= 15 is 0 Å². The maximum absolute atomic E-state index is 12.6. The second-order valence-electron chi connectivity index (χ2n) is 5.62. The summed E-state index contributed by atoms with van der Waals surface area (Å²) in [7, 11) is 0. The summed E-state index contributed by atoms with van der Waals surface area (Å²) in [5.41, 5.74) is 3.80. The van der Waals surface area contributed by atoms with Gasteiger partial charge in [0.1, 0.15) is 0 Å². The molecule has 1 aromatic carbocycles. The Bertz CT molecular complexity index is 838. The van der Waals surface area contributed by atoms with Gasteiger partial charge in [-0.2, -0.15) is 5.10 Å². The highest BCUT2D eigenvalue weighted by Crippen LogP contribution is 2.34. The number of hydrogen-bond acceptors (Lipinski definition) is 4. The van der Waals surface area contributed by atoms with E-state index in [0.717, 1.165) is 16.8 Å². The molecule has 1 N–H and O–H groups in total. The maximum Gasteiger partial charge on any atom is 0.339 e. The van der Waals surface area contributed by atoms with Crippen molar-refractivity contribution in [2.24, 2.45) is 0 Å². The first kappa shape index (κ1) is 15.2. The van der Waals surface area contributed by atoms with Gasteiger partial charge in [-0.3, -0.25) is 5.10 Å². The van der Waals surface area contributed by atoms with Crippen LogP contribution in [0.3, 0.4) is 0 Å². The summed E-state index contributed by atoms with van der Waals surface area (Å²) < 4.78 is 5.28. The van der Waals surface area contributed by atoms with Crippen LogP contribution in [0.1, 0.15) is 42.6 Å². The number of nitrogens with zero attached hydrogens (tertiary/aromatic N) is 2. The highest BCUT2D eigenvalue weighted by atomic mass is 16.5. The third-order valence-corrected chi connectivity index (χ3v) is 3.74. The van der Waals surface area contributed by atoms with Crippen molar-refractivity contribution >= 4 is 17.0 Å². The van der Waals surface area contributed by atoms with Crippen LogP contribution in [0, 0.1) is 0 Å². The van der Waals surface area contributed by atoms with Gasteiger partial charge in [0.05, 0.1) is 29.4 Å². The van der Waals surface area contributed by atoms with Gasteiger partial charge >= 0.3 is 5.97 Å². The van der Waals surface area contributed by atoms with Gasteiger partial charge in [0.25, 0.3) is 0 Å². The molecule has 0 aliphatic heterocycles. The Kier molecular flexibility index (Phi) is 4.10. The smallest absolute Gasteiger partial charge is 0.339 e. The predicted molar refractivity (Wildman–Crippen MR) is 89.4 cm³/mol.